The summed E-state index contributed by atoms with van der Waals surface area (Å²) in [6.45, 7) is 1.49. The summed E-state index contributed by atoms with van der Waals surface area (Å²) in [6, 6.07) is 4.75. The Morgan fingerprint density at radius 1 is 1.40 bits per heavy atom. The molecule has 1 fully saturated rings. The van der Waals surface area contributed by atoms with Crippen molar-refractivity contribution in [3.8, 4) is 0 Å². The van der Waals surface area contributed by atoms with E-state index in [1.165, 1.54) is 36.0 Å². The van der Waals surface area contributed by atoms with Gasteiger partial charge >= 0.3 is 0 Å². The lowest BCUT2D eigenvalue weighted by molar-refractivity contribution is -0.114. The Labute approximate surface area is 157 Å². The Morgan fingerprint density at radius 2 is 2.28 bits per heavy atom. The average Bonchev–Trinajstić information content (AvgIpc) is 2.99. The van der Waals surface area contributed by atoms with Gasteiger partial charge in [0, 0.05) is 35.4 Å². The van der Waals surface area contributed by atoms with Crippen molar-refractivity contribution < 1.29 is 4.79 Å². The van der Waals surface area contributed by atoms with Crippen LogP contribution in [0, 0.1) is 0 Å². The number of aromatic nitrogens is 4. The zero-order valence-electron chi connectivity index (χ0n) is 13.6. The van der Waals surface area contributed by atoms with E-state index in [4.69, 9.17) is 0 Å². The summed E-state index contributed by atoms with van der Waals surface area (Å²) in [4.78, 5) is 16.8. The number of hydrogen-bond acceptors (Lipinski definition) is 7. The van der Waals surface area contributed by atoms with Gasteiger partial charge in [-0.2, -0.15) is 0 Å². The predicted octanol–water partition coefficient (Wildman–Crippen LogP) is 3.97. The Balaban J connectivity index is 1.46. The van der Waals surface area contributed by atoms with Crippen molar-refractivity contribution in [3.63, 3.8) is 0 Å². The molecule has 0 saturated heterocycles. The van der Waals surface area contributed by atoms with Crippen LogP contribution in [-0.4, -0.2) is 25.7 Å². The van der Waals surface area contributed by atoms with Gasteiger partial charge in [0.1, 0.15) is 5.82 Å². The number of anilines is 1. The molecule has 0 atom stereocenters. The third kappa shape index (κ3) is 4.10. The summed E-state index contributed by atoms with van der Waals surface area (Å²) in [7, 11) is 0. The van der Waals surface area contributed by atoms with Crippen molar-refractivity contribution in [2.75, 3.05) is 5.32 Å². The first-order valence-corrected chi connectivity index (χ1v) is 10.7. The maximum Gasteiger partial charge on any atom is 0.223 e. The van der Waals surface area contributed by atoms with Crippen molar-refractivity contribution in [1.82, 2.24) is 19.7 Å². The zero-order chi connectivity index (χ0) is 17.2. The summed E-state index contributed by atoms with van der Waals surface area (Å²) in [5.74, 6) is 1.67. The van der Waals surface area contributed by atoms with Crippen LogP contribution in [0.15, 0.2) is 28.0 Å². The number of thiophene rings is 1. The summed E-state index contributed by atoms with van der Waals surface area (Å²) >= 11 is 4.86. The van der Waals surface area contributed by atoms with E-state index < -0.39 is 0 Å². The van der Waals surface area contributed by atoms with Gasteiger partial charge in [0.05, 0.1) is 5.69 Å². The van der Waals surface area contributed by atoms with Gasteiger partial charge in [-0.3, -0.25) is 4.79 Å². The van der Waals surface area contributed by atoms with Gasteiger partial charge in [0.2, 0.25) is 5.91 Å². The standard InChI is InChI=1S/C16H17N5OS3/c1-10(22)17-15-18-11(8-24-15)9-25-16-20-19-14(21(16)12-4-5-12)7-13-3-2-6-23-13/h2-3,6,8,12H,4-5,7,9H2,1H3,(H,17,18,22). The minimum absolute atomic E-state index is 0.0970. The molecule has 6 nitrogen and oxygen atoms in total. The zero-order valence-corrected chi connectivity index (χ0v) is 16.1. The van der Waals surface area contributed by atoms with Gasteiger partial charge in [0.25, 0.3) is 0 Å². The molecular weight excluding hydrogens is 374 g/mol. The summed E-state index contributed by atoms with van der Waals surface area (Å²) in [5, 5.41) is 17.2. The first-order valence-electron chi connectivity index (χ1n) is 8.00. The fourth-order valence-electron chi connectivity index (χ4n) is 2.51. The molecule has 130 valence electrons. The first kappa shape index (κ1) is 16.7. The smallest absolute Gasteiger partial charge is 0.223 e. The second-order valence-electron chi connectivity index (χ2n) is 5.87. The van der Waals surface area contributed by atoms with Crippen LogP contribution in [0.3, 0.4) is 0 Å². The Morgan fingerprint density at radius 3 is 3.00 bits per heavy atom. The lowest BCUT2D eigenvalue weighted by Gasteiger charge is -2.07. The second-order valence-corrected chi connectivity index (χ2v) is 8.70. The topological polar surface area (TPSA) is 72.7 Å². The molecule has 9 heteroatoms. The molecule has 0 bridgehead atoms. The molecular formula is C16H17N5OS3. The van der Waals surface area contributed by atoms with Crippen molar-refractivity contribution >= 4 is 45.5 Å². The summed E-state index contributed by atoms with van der Waals surface area (Å²) in [6.07, 6.45) is 3.24. The highest BCUT2D eigenvalue weighted by Gasteiger charge is 2.29. The van der Waals surface area contributed by atoms with Crippen LogP contribution >= 0.6 is 34.4 Å². The maximum absolute atomic E-state index is 11.1. The number of nitrogens with zero attached hydrogens (tertiary/aromatic N) is 4. The van der Waals surface area contributed by atoms with Crippen molar-refractivity contribution in [1.29, 1.82) is 0 Å². The molecule has 3 aromatic heterocycles. The fraction of sp³-hybridized carbons (Fsp3) is 0.375. The molecule has 0 aromatic carbocycles. The Bertz CT molecular complexity index is 866. The van der Waals surface area contributed by atoms with Crippen LogP contribution < -0.4 is 5.32 Å². The second kappa shape index (κ2) is 7.27. The van der Waals surface area contributed by atoms with Crippen LogP contribution in [0.1, 0.15) is 42.2 Å². The molecule has 3 aromatic rings. The molecule has 0 unspecified atom stereocenters. The average molecular weight is 392 g/mol. The molecule has 1 aliphatic rings. The molecule has 25 heavy (non-hydrogen) atoms. The van der Waals surface area contributed by atoms with Gasteiger partial charge < -0.3 is 9.88 Å². The Hall–Kier alpha value is -1.71. The lowest BCUT2D eigenvalue weighted by Crippen LogP contribution is -2.05. The molecule has 1 saturated carbocycles. The summed E-state index contributed by atoms with van der Waals surface area (Å²) < 4.78 is 2.30. The predicted molar refractivity (Wildman–Crippen MR) is 101 cm³/mol. The Kier molecular flexibility index (Phi) is 4.87. The third-order valence-electron chi connectivity index (χ3n) is 3.74. The highest BCUT2D eigenvalue weighted by Crippen LogP contribution is 2.39. The van der Waals surface area contributed by atoms with Crippen LogP contribution in [0.4, 0.5) is 5.13 Å². The van der Waals surface area contributed by atoms with Gasteiger partial charge in [-0.05, 0) is 24.3 Å². The van der Waals surface area contributed by atoms with Crippen molar-refractivity contribution in [3.05, 3.63) is 39.3 Å². The van der Waals surface area contributed by atoms with Crippen molar-refractivity contribution in [2.24, 2.45) is 0 Å². The minimum atomic E-state index is -0.0970. The third-order valence-corrected chi connectivity index (χ3v) is 6.40. The first-order chi connectivity index (χ1) is 12.2. The summed E-state index contributed by atoms with van der Waals surface area (Å²) in [5.41, 5.74) is 0.948. The van der Waals surface area contributed by atoms with Gasteiger partial charge in [-0.25, -0.2) is 4.98 Å². The molecule has 0 spiro atoms. The monoisotopic (exact) mass is 391 g/mol. The van der Waals surface area contributed by atoms with E-state index in [1.54, 1.807) is 23.1 Å². The highest BCUT2D eigenvalue weighted by atomic mass is 32.2. The van der Waals surface area contributed by atoms with E-state index in [1.807, 2.05) is 5.38 Å². The highest BCUT2D eigenvalue weighted by molar-refractivity contribution is 7.98. The SMILES string of the molecule is CC(=O)Nc1nc(CSc2nnc(Cc3cccs3)n2C2CC2)cs1. The van der Waals surface area contributed by atoms with Gasteiger partial charge in [-0.15, -0.1) is 32.9 Å². The maximum atomic E-state index is 11.1. The number of rotatable bonds is 7. The number of amides is 1. The number of thioether (sulfide) groups is 1. The fourth-order valence-corrected chi connectivity index (χ4v) is 4.99. The van der Waals surface area contributed by atoms with E-state index in [9.17, 15) is 4.79 Å². The van der Waals surface area contributed by atoms with Crippen LogP contribution in [0.25, 0.3) is 0 Å². The lowest BCUT2D eigenvalue weighted by atomic mass is 10.3. The molecule has 1 N–H and O–H groups in total. The molecule has 1 aliphatic carbocycles. The number of carbonyl (C=O) groups excluding carboxylic acids is 1. The van der Waals surface area contributed by atoms with E-state index in [0.717, 1.165) is 28.8 Å². The van der Waals surface area contributed by atoms with E-state index in [0.29, 0.717) is 11.2 Å². The van der Waals surface area contributed by atoms with E-state index in [-0.39, 0.29) is 5.91 Å². The quantitative estimate of drug-likeness (QED) is 0.617. The van der Waals surface area contributed by atoms with Crippen LogP contribution in [0.2, 0.25) is 0 Å². The molecule has 0 radical (unpaired) electrons. The number of thiazole rings is 1. The largest absolute Gasteiger partial charge is 0.303 e. The van der Waals surface area contributed by atoms with E-state index >= 15 is 0 Å². The van der Waals surface area contributed by atoms with Crippen LogP contribution in [-0.2, 0) is 17.0 Å². The molecule has 1 amide bonds. The normalized spacial score (nSPS) is 14.0. The van der Waals surface area contributed by atoms with Crippen molar-refractivity contribution in [2.45, 2.75) is 43.1 Å². The van der Waals surface area contributed by atoms with Gasteiger partial charge in [0.15, 0.2) is 10.3 Å². The van der Waals surface area contributed by atoms with E-state index in [2.05, 4.69) is 42.6 Å². The molecule has 0 aliphatic heterocycles. The minimum Gasteiger partial charge on any atom is -0.303 e. The van der Waals surface area contributed by atoms with Gasteiger partial charge in [-0.1, -0.05) is 17.8 Å². The number of nitrogens with one attached hydrogen (secondary N) is 1. The van der Waals surface area contributed by atoms with Crippen LogP contribution in [0.5, 0.6) is 0 Å². The number of hydrogen-bond donors (Lipinski definition) is 1. The number of carbonyl (C=O) groups is 1. The molecule has 3 heterocycles. The molecule has 4 rings (SSSR count).